The van der Waals surface area contributed by atoms with E-state index >= 15 is 0 Å². The minimum atomic E-state index is -3.37. The number of hydrogen-bond acceptors (Lipinski definition) is 6. The molecule has 0 aliphatic carbocycles. The van der Waals surface area contributed by atoms with E-state index in [2.05, 4.69) is 9.82 Å². The van der Waals surface area contributed by atoms with Gasteiger partial charge in [0.25, 0.3) is 5.91 Å². The number of sulfonamides is 1. The van der Waals surface area contributed by atoms with Crippen LogP contribution in [0.15, 0.2) is 77.9 Å². The molecule has 0 aromatic heterocycles. The van der Waals surface area contributed by atoms with E-state index in [1.807, 2.05) is 36.4 Å². The van der Waals surface area contributed by atoms with Crippen molar-refractivity contribution < 1.29 is 22.7 Å². The second-order valence-corrected chi connectivity index (χ2v) is 9.60. The van der Waals surface area contributed by atoms with Gasteiger partial charge in [0.2, 0.25) is 10.0 Å². The van der Waals surface area contributed by atoms with Gasteiger partial charge in [0.05, 0.1) is 32.2 Å². The van der Waals surface area contributed by atoms with Crippen LogP contribution in [0.3, 0.4) is 0 Å². The molecule has 1 heterocycles. The van der Waals surface area contributed by atoms with Crippen molar-refractivity contribution in [1.29, 1.82) is 0 Å². The third kappa shape index (κ3) is 5.04. The van der Waals surface area contributed by atoms with E-state index in [4.69, 9.17) is 9.47 Å². The standard InChI is InChI=1S/C25H25N3O5S/c1-32-23-14-11-19(15-24(23)33-2)22-16-21(17-9-12-20(13-10-17)27-34(3,30)31)26-28(22)25(29)18-7-5-4-6-8-18/h4-15,22,27H,16H2,1-3H3/t22-/m1/s1. The van der Waals surface area contributed by atoms with Crippen LogP contribution in [0.5, 0.6) is 11.5 Å². The lowest BCUT2D eigenvalue weighted by Gasteiger charge is -2.23. The van der Waals surface area contributed by atoms with Gasteiger partial charge < -0.3 is 9.47 Å². The summed E-state index contributed by atoms with van der Waals surface area (Å²) in [5.74, 6) is 0.947. The first-order chi connectivity index (χ1) is 16.3. The van der Waals surface area contributed by atoms with Gasteiger partial charge in [-0.1, -0.05) is 36.4 Å². The SMILES string of the molecule is COc1ccc([C@H]2CC(c3ccc(NS(C)(=O)=O)cc3)=NN2C(=O)c2ccccc2)cc1OC. The number of nitrogens with one attached hydrogen (secondary N) is 1. The molecular weight excluding hydrogens is 454 g/mol. The molecule has 8 nitrogen and oxygen atoms in total. The number of ether oxygens (including phenoxy) is 2. The molecule has 9 heteroatoms. The van der Waals surface area contributed by atoms with Crippen molar-refractivity contribution in [2.24, 2.45) is 5.10 Å². The molecule has 1 atom stereocenters. The summed E-state index contributed by atoms with van der Waals surface area (Å²) in [5, 5.41) is 6.18. The predicted molar refractivity (Wildman–Crippen MR) is 131 cm³/mol. The molecule has 1 aliphatic rings. The first-order valence-electron chi connectivity index (χ1n) is 10.6. The minimum absolute atomic E-state index is 0.217. The van der Waals surface area contributed by atoms with Crippen molar-refractivity contribution in [1.82, 2.24) is 5.01 Å². The highest BCUT2D eigenvalue weighted by molar-refractivity contribution is 7.92. The van der Waals surface area contributed by atoms with Crippen molar-refractivity contribution in [3.05, 3.63) is 89.5 Å². The number of carbonyl (C=O) groups is 1. The number of nitrogens with zero attached hydrogens (tertiary/aromatic N) is 2. The lowest BCUT2D eigenvalue weighted by molar-refractivity contribution is 0.0711. The van der Waals surface area contributed by atoms with E-state index in [0.717, 1.165) is 23.1 Å². The van der Waals surface area contributed by atoms with Crippen molar-refractivity contribution >= 4 is 27.3 Å². The second-order valence-electron chi connectivity index (χ2n) is 7.85. The molecule has 1 amide bonds. The summed E-state index contributed by atoms with van der Waals surface area (Å²) < 4.78 is 36.2. The van der Waals surface area contributed by atoms with Crippen molar-refractivity contribution in [3.8, 4) is 11.5 Å². The highest BCUT2D eigenvalue weighted by Crippen LogP contribution is 2.38. The summed E-state index contributed by atoms with van der Waals surface area (Å²) in [6.07, 6.45) is 1.58. The summed E-state index contributed by atoms with van der Waals surface area (Å²) in [5.41, 5.74) is 3.36. The normalized spacial score (nSPS) is 15.6. The fraction of sp³-hybridized carbons (Fsp3) is 0.200. The number of hydrogen-bond donors (Lipinski definition) is 1. The number of carbonyl (C=O) groups excluding carboxylic acids is 1. The van der Waals surface area contributed by atoms with Crippen LogP contribution in [-0.4, -0.2) is 45.5 Å². The van der Waals surface area contributed by atoms with E-state index in [-0.39, 0.29) is 11.9 Å². The quantitative estimate of drug-likeness (QED) is 0.551. The number of rotatable bonds is 7. The highest BCUT2D eigenvalue weighted by atomic mass is 32.2. The van der Waals surface area contributed by atoms with Crippen LogP contribution >= 0.6 is 0 Å². The Kier molecular flexibility index (Phi) is 6.56. The number of methoxy groups -OCH3 is 2. The summed E-state index contributed by atoms with van der Waals surface area (Å²) in [6.45, 7) is 0. The maximum atomic E-state index is 13.4. The average molecular weight is 480 g/mol. The summed E-state index contributed by atoms with van der Waals surface area (Å²) >= 11 is 0. The van der Waals surface area contributed by atoms with Crippen LogP contribution in [0.25, 0.3) is 0 Å². The van der Waals surface area contributed by atoms with Crippen LogP contribution in [0.4, 0.5) is 5.69 Å². The predicted octanol–water partition coefficient (Wildman–Crippen LogP) is 4.07. The molecular formula is C25H25N3O5S. The molecule has 0 bridgehead atoms. The van der Waals surface area contributed by atoms with Crippen LogP contribution in [0.2, 0.25) is 0 Å². The molecule has 4 rings (SSSR count). The van der Waals surface area contributed by atoms with Gasteiger partial charge in [0.15, 0.2) is 11.5 Å². The fourth-order valence-electron chi connectivity index (χ4n) is 3.85. The largest absolute Gasteiger partial charge is 0.493 e. The monoisotopic (exact) mass is 479 g/mol. The molecule has 3 aromatic carbocycles. The molecule has 0 radical (unpaired) electrons. The lowest BCUT2D eigenvalue weighted by atomic mass is 9.97. The summed E-state index contributed by atoms with van der Waals surface area (Å²) in [4.78, 5) is 13.4. The fourth-order valence-corrected chi connectivity index (χ4v) is 4.41. The van der Waals surface area contributed by atoms with E-state index in [1.165, 1.54) is 5.01 Å². The molecule has 1 N–H and O–H groups in total. The minimum Gasteiger partial charge on any atom is -0.493 e. The highest BCUT2D eigenvalue weighted by Gasteiger charge is 2.34. The van der Waals surface area contributed by atoms with Crippen LogP contribution in [0, 0.1) is 0 Å². The number of benzene rings is 3. The van der Waals surface area contributed by atoms with Gasteiger partial charge in [-0.3, -0.25) is 9.52 Å². The Morgan fingerprint density at radius 2 is 1.65 bits per heavy atom. The van der Waals surface area contributed by atoms with Gasteiger partial charge in [-0.25, -0.2) is 13.4 Å². The molecule has 34 heavy (non-hydrogen) atoms. The Hall–Kier alpha value is -3.85. The zero-order valence-electron chi connectivity index (χ0n) is 19.1. The molecule has 0 spiro atoms. The van der Waals surface area contributed by atoms with Crippen LogP contribution in [-0.2, 0) is 10.0 Å². The Bertz CT molecular complexity index is 1320. The third-order valence-corrected chi connectivity index (χ3v) is 6.06. The smallest absolute Gasteiger partial charge is 0.274 e. The number of anilines is 1. The maximum Gasteiger partial charge on any atom is 0.274 e. The van der Waals surface area contributed by atoms with Crippen molar-refractivity contribution in [2.75, 3.05) is 25.2 Å². The molecule has 1 aliphatic heterocycles. The first-order valence-corrected chi connectivity index (χ1v) is 12.4. The third-order valence-electron chi connectivity index (χ3n) is 5.45. The molecule has 0 saturated carbocycles. The molecule has 0 saturated heterocycles. The van der Waals surface area contributed by atoms with Gasteiger partial charge in [0, 0.05) is 17.7 Å². The summed E-state index contributed by atoms with van der Waals surface area (Å²) in [7, 11) is -0.234. The Balaban J connectivity index is 1.70. The second kappa shape index (κ2) is 9.56. The summed E-state index contributed by atoms with van der Waals surface area (Å²) in [6, 6.07) is 21.1. The van der Waals surface area contributed by atoms with Gasteiger partial charge in [0.1, 0.15) is 0 Å². The topological polar surface area (TPSA) is 97.3 Å². The lowest BCUT2D eigenvalue weighted by Crippen LogP contribution is -2.27. The zero-order valence-corrected chi connectivity index (χ0v) is 19.9. The average Bonchev–Trinajstić information content (AvgIpc) is 3.28. The van der Waals surface area contributed by atoms with Gasteiger partial charge in [-0.15, -0.1) is 0 Å². The number of amides is 1. The Morgan fingerprint density at radius 3 is 2.26 bits per heavy atom. The van der Waals surface area contributed by atoms with Crippen LogP contribution < -0.4 is 14.2 Å². The van der Waals surface area contributed by atoms with Gasteiger partial charge in [-0.05, 0) is 47.5 Å². The van der Waals surface area contributed by atoms with Crippen molar-refractivity contribution in [2.45, 2.75) is 12.5 Å². The van der Waals surface area contributed by atoms with E-state index in [1.54, 1.807) is 50.6 Å². The number of hydrazone groups is 1. The van der Waals surface area contributed by atoms with Crippen molar-refractivity contribution in [3.63, 3.8) is 0 Å². The van der Waals surface area contributed by atoms with Gasteiger partial charge in [-0.2, -0.15) is 5.10 Å². The molecule has 0 unspecified atom stereocenters. The van der Waals surface area contributed by atoms with Gasteiger partial charge >= 0.3 is 0 Å². The maximum absolute atomic E-state index is 13.4. The zero-order chi connectivity index (χ0) is 24.3. The Labute approximate surface area is 198 Å². The van der Waals surface area contributed by atoms with E-state index < -0.39 is 10.0 Å². The van der Waals surface area contributed by atoms with E-state index in [0.29, 0.717) is 29.2 Å². The molecule has 3 aromatic rings. The first kappa shape index (κ1) is 23.3. The molecule has 176 valence electrons. The Morgan fingerprint density at radius 1 is 0.971 bits per heavy atom. The van der Waals surface area contributed by atoms with E-state index in [9.17, 15) is 13.2 Å². The van der Waals surface area contributed by atoms with Crippen LogP contribution in [0.1, 0.15) is 33.9 Å². The molecule has 0 fully saturated rings.